The number of aryl methyl sites for hydroxylation is 1. The zero-order valence-electron chi connectivity index (χ0n) is 14.1. The fraction of sp³-hybridized carbons (Fsp3) is 0.158. The van der Waals surface area contributed by atoms with Crippen LogP contribution in [0.4, 0.5) is 22.0 Å². The highest BCUT2D eigenvalue weighted by Crippen LogP contribution is 2.46. The molecule has 4 nitrogen and oxygen atoms in total. The van der Waals surface area contributed by atoms with Crippen molar-refractivity contribution in [2.24, 2.45) is 0 Å². The first-order valence-corrected chi connectivity index (χ1v) is 7.98. The molecule has 0 saturated heterocycles. The Morgan fingerprint density at radius 2 is 1.64 bits per heavy atom. The summed E-state index contributed by atoms with van der Waals surface area (Å²) >= 11 is 0. The Kier molecular flexibility index (Phi) is 3.81. The number of hydrogen-bond donors (Lipinski definition) is 0. The minimum Gasteiger partial charge on any atom is -0.395 e. The third kappa shape index (κ3) is 2.92. The van der Waals surface area contributed by atoms with Gasteiger partial charge in [0.1, 0.15) is 0 Å². The molecule has 0 aliphatic carbocycles. The smallest absolute Gasteiger partial charge is 0.395 e. The van der Waals surface area contributed by atoms with E-state index in [9.17, 15) is 26.7 Å². The molecule has 9 heteroatoms. The van der Waals surface area contributed by atoms with Crippen molar-refractivity contribution in [2.45, 2.75) is 19.4 Å². The van der Waals surface area contributed by atoms with Gasteiger partial charge in [-0.05, 0) is 18.6 Å². The molecule has 28 heavy (non-hydrogen) atoms. The number of nitrogens with zero attached hydrogens (tertiary/aromatic N) is 1. The van der Waals surface area contributed by atoms with Crippen LogP contribution in [0.15, 0.2) is 42.5 Å². The Labute approximate surface area is 154 Å². The van der Waals surface area contributed by atoms with Crippen molar-refractivity contribution in [2.75, 3.05) is 0 Å². The van der Waals surface area contributed by atoms with E-state index in [2.05, 4.69) is 14.5 Å². The standard InChI is InChI=1S/C19H10F5NO3/c1-9-15(17(26)18(20,21)22)16(10-5-3-2-4-6-10)11-7-13-14(8-12(11)25-9)28-19(23,24)27-13/h2-8H,1H3. The highest BCUT2D eigenvalue weighted by molar-refractivity contribution is 6.13. The highest BCUT2D eigenvalue weighted by atomic mass is 19.4. The van der Waals surface area contributed by atoms with Gasteiger partial charge in [0.2, 0.25) is 0 Å². The molecule has 0 atom stereocenters. The van der Waals surface area contributed by atoms with Gasteiger partial charge in [-0.2, -0.15) is 13.2 Å². The molecule has 0 unspecified atom stereocenters. The number of pyridine rings is 1. The van der Waals surface area contributed by atoms with Crippen LogP contribution in [-0.2, 0) is 0 Å². The summed E-state index contributed by atoms with van der Waals surface area (Å²) in [5.74, 6) is -2.72. The number of rotatable bonds is 2. The van der Waals surface area contributed by atoms with Crippen molar-refractivity contribution in [3.8, 4) is 22.6 Å². The first-order valence-electron chi connectivity index (χ1n) is 7.98. The number of aromatic nitrogens is 1. The van der Waals surface area contributed by atoms with E-state index in [1.54, 1.807) is 18.2 Å². The molecule has 0 N–H and O–H groups in total. The van der Waals surface area contributed by atoms with Gasteiger partial charge in [0.05, 0.1) is 11.1 Å². The lowest BCUT2D eigenvalue weighted by Crippen LogP contribution is -2.25. The first-order chi connectivity index (χ1) is 13.1. The minimum absolute atomic E-state index is 0.0597. The summed E-state index contributed by atoms with van der Waals surface area (Å²) in [6.07, 6.45) is -9.03. The lowest BCUT2D eigenvalue weighted by atomic mass is 9.91. The summed E-state index contributed by atoms with van der Waals surface area (Å²) in [5, 5.41) is 0.0597. The van der Waals surface area contributed by atoms with E-state index in [0.717, 1.165) is 12.1 Å². The number of carbonyl (C=O) groups is 1. The topological polar surface area (TPSA) is 48.4 Å². The van der Waals surface area contributed by atoms with Crippen molar-refractivity contribution in [1.82, 2.24) is 4.98 Å². The largest absolute Gasteiger partial charge is 0.586 e. The molecule has 3 aromatic rings. The van der Waals surface area contributed by atoms with Gasteiger partial charge >= 0.3 is 12.5 Å². The van der Waals surface area contributed by atoms with Crippen LogP contribution >= 0.6 is 0 Å². The molecule has 0 bridgehead atoms. The monoisotopic (exact) mass is 395 g/mol. The maximum absolute atomic E-state index is 13.4. The summed E-state index contributed by atoms with van der Waals surface area (Å²) in [6.45, 7) is 1.25. The maximum Gasteiger partial charge on any atom is 0.586 e. The van der Waals surface area contributed by atoms with E-state index in [-0.39, 0.29) is 33.7 Å². The quantitative estimate of drug-likeness (QED) is 0.438. The van der Waals surface area contributed by atoms with Gasteiger partial charge in [-0.1, -0.05) is 30.3 Å². The molecular formula is C19H10F5NO3. The van der Waals surface area contributed by atoms with Crippen LogP contribution in [0.3, 0.4) is 0 Å². The fourth-order valence-corrected chi connectivity index (χ4v) is 3.15. The Morgan fingerprint density at radius 1 is 1.04 bits per heavy atom. The Balaban J connectivity index is 2.09. The summed E-state index contributed by atoms with van der Waals surface area (Å²) in [5.41, 5.74) is -0.491. The van der Waals surface area contributed by atoms with E-state index < -0.39 is 23.8 Å². The number of halogens is 5. The molecule has 2 aromatic carbocycles. The number of alkyl halides is 5. The number of benzene rings is 2. The number of hydrogen-bond acceptors (Lipinski definition) is 4. The van der Waals surface area contributed by atoms with E-state index in [4.69, 9.17) is 0 Å². The molecule has 0 spiro atoms. The van der Waals surface area contributed by atoms with E-state index >= 15 is 0 Å². The second-order valence-corrected chi connectivity index (χ2v) is 6.12. The molecule has 0 amide bonds. The molecule has 2 heterocycles. The van der Waals surface area contributed by atoms with Crippen LogP contribution in [0, 0.1) is 6.92 Å². The van der Waals surface area contributed by atoms with Crippen molar-refractivity contribution in [3.63, 3.8) is 0 Å². The predicted octanol–water partition coefficient (Wildman–Crippen LogP) is 5.28. The Morgan fingerprint density at radius 3 is 2.25 bits per heavy atom. The van der Waals surface area contributed by atoms with Crippen LogP contribution < -0.4 is 9.47 Å². The zero-order chi connectivity index (χ0) is 20.3. The zero-order valence-corrected chi connectivity index (χ0v) is 14.1. The van der Waals surface area contributed by atoms with Gasteiger partial charge in [-0.25, -0.2) is 0 Å². The minimum atomic E-state index is -5.13. The molecule has 1 aliphatic rings. The average molecular weight is 395 g/mol. The Bertz CT molecular complexity index is 1110. The molecule has 1 aromatic heterocycles. The van der Waals surface area contributed by atoms with Gasteiger partial charge in [-0.3, -0.25) is 9.78 Å². The molecule has 1 aliphatic heterocycles. The van der Waals surface area contributed by atoms with Crippen molar-refractivity contribution >= 4 is 16.7 Å². The molecular weight excluding hydrogens is 385 g/mol. The van der Waals surface area contributed by atoms with Crippen molar-refractivity contribution in [1.29, 1.82) is 0 Å². The number of fused-ring (bicyclic) bond motifs is 2. The normalized spacial score (nSPS) is 15.1. The third-order valence-electron chi connectivity index (χ3n) is 4.24. The van der Waals surface area contributed by atoms with E-state index in [0.29, 0.717) is 5.56 Å². The van der Waals surface area contributed by atoms with Crippen LogP contribution in [0.2, 0.25) is 0 Å². The maximum atomic E-state index is 13.4. The van der Waals surface area contributed by atoms with Crippen LogP contribution in [0.25, 0.3) is 22.0 Å². The van der Waals surface area contributed by atoms with Gasteiger partial charge in [0.15, 0.2) is 11.5 Å². The lowest BCUT2D eigenvalue weighted by molar-refractivity contribution is -0.286. The number of ether oxygens (including phenoxy) is 2. The third-order valence-corrected chi connectivity index (χ3v) is 4.24. The average Bonchev–Trinajstić information content (AvgIpc) is 2.91. The number of ketones is 1. The lowest BCUT2D eigenvalue weighted by Gasteiger charge is -2.16. The van der Waals surface area contributed by atoms with Gasteiger partial charge in [0, 0.05) is 22.7 Å². The molecule has 0 radical (unpaired) electrons. The molecule has 4 rings (SSSR count). The first kappa shape index (κ1) is 18.1. The summed E-state index contributed by atoms with van der Waals surface area (Å²) in [7, 11) is 0. The Hall–Kier alpha value is -3.23. The van der Waals surface area contributed by atoms with E-state index in [1.165, 1.54) is 19.1 Å². The fourth-order valence-electron chi connectivity index (χ4n) is 3.15. The van der Waals surface area contributed by atoms with Crippen LogP contribution in [0.1, 0.15) is 16.1 Å². The molecule has 0 fully saturated rings. The van der Waals surface area contributed by atoms with Gasteiger partial charge in [0.25, 0.3) is 5.78 Å². The second-order valence-electron chi connectivity index (χ2n) is 6.12. The van der Waals surface area contributed by atoms with Crippen molar-refractivity contribution in [3.05, 3.63) is 53.7 Å². The van der Waals surface area contributed by atoms with Gasteiger partial charge < -0.3 is 9.47 Å². The molecule has 0 saturated carbocycles. The van der Waals surface area contributed by atoms with Crippen LogP contribution in [-0.4, -0.2) is 23.2 Å². The number of carbonyl (C=O) groups excluding carboxylic acids is 1. The highest BCUT2D eigenvalue weighted by Gasteiger charge is 2.45. The van der Waals surface area contributed by atoms with Crippen LogP contribution in [0.5, 0.6) is 11.5 Å². The van der Waals surface area contributed by atoms with Gasteiger partial charge in [-0.15, -0.1) is 8.78 Å². The predicted molar refractivity (Wildman–Crippen MR) is 88.5 cm³/mol. The van der Waals surface area contributed by atoms with E-state index in [1.807, 2.05) is 0 Å². The van der Waals surface area contributed by atoms with Crippen molar-refractivity contribution < 1.29 is 36.2 Å². The second kappa shape index (κ2) is 5.88. The SMILES string of the molecule is Cc1nc2cc3c(cc2c(-c2ccccc2)c1C(=O)C(F)(F)F)OC(F)(F)O3. The molecule has 144 valence electrons. The number of Topliss-reactive ketones (excluding diaryl/α,β-unsaturated/α-hetero) is 1. The summed E-state index contributed by atoms with van der Waals surface area (Å²) in [4.78, 5) is 16.1. The summed E-state index contributed by atoms with van der Waals surface area (Å²) < 4.78 is 75.2. The summed E-state index contributed by atoms with van der Waals surface area (Å²) in [6, 6.07) is 10.1.